The summed E-state index contributed by atoms with van der Waals surface area (Å²) in [7, 11) is 0. The maximum absolute atomic E-state index is 12.7. The summed E-state index contributed by atoms with van der Waals surface area (Å²) < 4.78 is 0. The van der Waals surface area contributed by atoms with Gasteiger partial charge in [0.15, 0.2) is 0 Å². The summed E-state index contributed by atoms with van der Waals surface area (Å²) in [4.78, 5) is 45.0. The number of carbonyl (C=O) groups is 3. The number of imide groups is 1. The zero-order valence-corrected chi connectivity index (χ0v) is 19.2. The topological polar surface area (TPSA) is 82.1 Å². The van der Waals surface area contributed by atoms with Crippen LogP contribution in [0.15, 0.2) is 83.9 Å². The van der Waals surface area contributed by atoms with Gasteiger partial charge in [-0.25, -0.2) is 4.79 Å². The van der Waals surface area contributed by atoms with Crippen LogP contribution in [0.2, 0.25) is 0 Å². The van der Waals surface area contributed by atoms with E-state index in [-0.39, 0.29) is 18.4 Å². The molecule has 0 aromatic heterocycles. The zero-order chi connectivity index (χ0) is 23.9. The van der Waals surface area contributed by atoms with Crippen LogP contribution in [0.3, 0.4) is 0 Å². The number of carbonyl (C=O) groups excluding carboxylic acids is 3. The van der Waals surface area contributed by atoms with E-state index >= 15 is 0 Å². The highest BCUT2D eigenvalue weighted by Gasteiger charge is 2.35. The van der Waals surface area contributed by atoms with Crippen LogP contribution in [-0.4, -0.2) is 48.1 Å². The van der Waals surface area contributed by atoms with Crippen molar-refractivity contribution in [3.8, 4) is 0 Å². The van der Waals surface area contributed by atoms with E-state index in [2.05, 4.69) is 34.3 Å². The fourth-order valence-corrected chi connectivity index (χ4v) is 4.05. The molecule has 0 bridgehead atoms. The molecule has 1 atom stereocenters. The smallest absolute Gasteiger partial charge is 0.350 e. The molecule has 0 fully saturated rings. The second-order valence-electron chi connectivity index (χ2n) is 8.19. The molecule has 4 amide bonds. The zero-order valence-electron chi connectivity index (χ0n) is 19.2. The number of nitrogens with one attached hydrogen (secondary N) is 1. The van der Waals surface area contributed by atoms with Crippen molar-refractivity contribution in [1.29, 1.82) is 0 Å². The Labute approximate surface area is 199 Å². The number of benzene rings is 2. The normalized spacial score (nSPS) is 16.8. The molecule has 0 radical (unpaired) electrons. The molecule has 1 unspecified atom stereocenters. The molecule has 2 aromatic carbocycles. The lowest BCUT2D eigenvalue weighted by Crippen LogP contribution is -2.45. The summed E-state index contributed by atoms with van der Waals surface area (Å²) in [6, 6.07) is 16.6. The number of allylic oxidation sites excluding steroid dienone is 3. The number of para-hydroxylation sites is 1. The molecule has 34 heavy (non-hydrogen) atoms. The van der Waals surface area contributed by atoms with E-state index in [9.17, 15) is 14.4 Å². The van der Waals surface area contributed by atoms with Gasteiger partial charge in [0, 0.05) is 30.9 Å². The van der Waals surface area contributed by atoms with Gasteiger partial charge in [0.1, 0.15) is 0 Å². The summed E-state index contributed by atoms with van der Waals surface area (Å²) in [5.41, 5.74) is 2.95. The minimum absolute atomic E-state index is 0.122. The van der Waals surface area contributed by atoms with Crippen molar-refractivity contribution in [1.82, 2.24) is 10.2 Å². The molecule has 7 heteroatoms. The van der Waals surface area contributed by atoms with Crippen molar-refractivity contribution in [3.63, 3.8) is 0 Å². The van der Waals surface area contributed by atoms with Crippen LogP contribution >= 0.6 is 0 Å². The van der Waals surface area contributed by atoms with Gasteiger partial charge in [-0.2, -0.15) is 4.99 Å². The van der Waals surface area contributed by atoms with Crippen LogP contribution in [0, 0.1) is 5.92 Å². The number of hydrogen-bond acceptors (Lipinski definition) is 4. The molecule has 0 spiro atoms. The summed E-state index contributed by atoms with van der Waals surface area (Å²) >= 11 is 0. The Bertz CT molecular complexity index is 1140. The number of hydrogen-bond donors (Lipinski definition) is 1. The molecule has 2 aromatic rings. The van der Waals surface area contributed by atoms with Gasteiger partial charge in [-0.15, -0.1) is 0 Å². The largest absolute Gasteiger partial charge is 0.372 e. The van der Waals surface area contributed by atoms with E-state index in [0.29, 0.717) is 17.8 Å². The standard InChI is InChI=1S/C27H28N4O3/c1-2-30(22-9-4-3-5-10-22)18-8-17-28-25(32)21-15-13-20(14-16-21)19-31-26(33)23-11-6-7-12-24(23)29-27(31)34/h3-7,9-16,23H,2,8,17-19H2,1H3,(H,28,32). The number of amides is 4. The number of rotatable bonds is 9. The predicted octanol–water partition coefficient (Wildman–Crippen LogP) is 3.98. The van der Waals surface area contributed by atoms with Crippen molar-refractivity contribution < 1.29 is 14.4 Å². The van der Waals surface area contributed by atoms with Crippen molar-refractivity contribution in [3.05, 3.63) is 90.0 Å². The minimum Gasteiger partial charge on any atom is -0.372 e. The van der Waals surface area contributed by atoms with Crippen molar-refractivity contribution in [2.24, 2.45) is 10.9 Å². The third-order valence-corrected chi connectivity index (χ3v) is 5.94. The Kier molecular flexibility index (Phi) is 7.32. The molecular formula is C27H28N4O3. The highest BCUT2D eigenvalue weighted by molar-refractivity contribution is 6.21. The highest BCUT2D eigenvalue weighted by Crippen LogP contribution is 2.21. The van der Waals surface area contributed by atoms with Gasteiger partial charge in [-0.1, -0.05) is 48.6 Å². The first-order valence-corrected chi connectivity index (χ1v) is 11.5. The molecule has 1 N–H and O–H groups in total. The second kappa shape index (κ2) is 10.7. The summed E-state index contributed by atoms with van der Waals surface area (Å²) in [5.74, 6) is -0.944. The molecule has 174 valence electrons. The van der Waals surface area contributed by atoms with Gasteiger partial charge in [-0.3, -0.25) is 14.5 Å². The molecule has 1 aliphatic carbocycles. The van der Waals surface area contributed by atoms with Crippen molar-refractivity contribution in [2.45, 2.75) is 19.9 Å². The average molecular weight is 457 g/mol. The number of urea groups is 1. The molecule has 0 saturated carbocycles. The second-order valence-corrected chi connectivity index (χ2v) is 8.19. The van der Waals surface area contributed by atoms with E-state index in [1.807, 2.05) is 18.2 Å². The third kappa shape index (κ3) is 5.31. The Morgan fingerprint density at radius 1 is 1.06 bits per heavy atom. The Balaban J connectivity index is 1.28. The summed E-state index contributed by atoms with van der Waals surface area (Å²) in [6.45, 7) is 4.57. The van der Waals surface area contributed by atoms with E-state index in [1.54, 1.807) is 48.6 Å². The van der Waals surface area contributed by atoms with Crippen LogP contribution in [-0.2, 0) is 11.3 Å². The summed E-state index contributed by atoms with van der Waals surface area (Å²) in [6.07, 6.45) is 7.81. The van der Waals surface area contributed by atoms with Gasteiger partial charge >= 0.3 is 6.03 Å². The quantitative estimate of drug-likeness (QED) is 0.579. The summed E-state index contributed by atoms with van der Waals surface area (Å²) in [5, 5.41) is 2.96. The third-order valence-electron chi connectivity index (χ3n) is 5.94. The molecule has 4 rings (SSSR count). The van der Waals surface area contributed by atoms with Crippen LogP contribution < -0.4 is 10.2 Å². The van der Waals surface area contributed by atoms with E-state index in [0.717, 1.165) is 30.0 Å². The average Bonchev–Trinajstić information content (AvgIpc) is 2.87. The van der Waals surface area contributed by atoms with Crippen molar-refractivity contribution in [2.75, 3.05) is 24.5 Å². The maximum Gasteiger partial charge on any atom is 0.350 e. The minimum atomic E-state index is -0.561. The lowest BCUT2D eigenvalue weighted by Gasteiger charge is -2.28. The van der Waals surface area contributed by atoms with Gasteiger partial charge in [-0.05, 0) is 49.2 Å². The fourth-order valence-electron chi connectivity index (χ4n) is 4.05. The lowest BCUT2D eigenvalue weighted by molar-refractivity contribution is -0.129. The maximum atomic E-state index is 12.7. The molecule has 2 aliphatic rings. The molecule has 7 nitrogen and oxygen atoms in total. The van der Waals surface area contributed by atoms with Gasteiger partial charge in [0.05, 0.1) is 18.2 Å². The first kappa shape index (κ1) is 23.2. The Morgan fingerprint density at radius 2 is 1.82 bits per heavy atom. The molecule has 1 aliphatic heterocycles. The number of nitrogens with zero attached hydrogens (tertiary/aromatic N) is 3. The SMILES string of the molecule is CCN(CCCNC(=O)c1ccc(CN2C(=O)N=C3C=CC=CC3C2=O)cc1)c1ccccc1. The first-order valence-electron chi connectivity index (χ1n) is 11.5. The number of aliphatic imine (C=N–C) groups is 1. The van der Waals surface area contributed by atoms with Crippen LogP contribution in [0.4, 0.5) is 10.5 Å². The molecule has 0 saturated heterocycles. The number of anilines is 1. The van der Waals surface area contributed by atoms with Crippen LogP contribution in [0.5, 0.6) is 0 Å². The number of fused-ring (bicyclic) bond motifs is 1. The molecular weight excluding hydrogens is 428 g/mol. The van der Waals surface area contributed by atoms with Crippen molar-refractivity contribution >= 4 is 29.2 Å². The highest BCUT2D eigenvalue weighted by atomic mass is 16.2. The van der Waals surface area contributed by atoms with Crippen LogP contribution in [0.1, 0.15) is 29.3 Å². The van der Waals surface area contributed by atoms with Gasteiger partial charge < -0.3 is 10.2 Å². The Hall–Kier alpha value is -4.00. The van der Waals surface area contributed by atoms with Crippen LogP contribution in [0.25, 0.3) is 0 Å². The van der Waals surface area contributed by atoms with E-state index < -0.39 is 11.9 Å². The lowest BCUT2D eigenvalue weighted by atomic mass is 9.95. The van der Waals surface area contributed by atoms with E-state index in [4.69, 9.17) is 0 Å². The van der Waals surface area contributed by atoms with Gasteiger partial charge in [0.25, 0.3) is 5.91 Å². The predicted molar refractivity (Wildman–Crippen MR) is 133 cm³/mol. The van der Waals surface area contributed by atoms with E-state index in [1.165, 1.54) is 5.69 Å². The first-order chi connectivity index (χ1) is 16.6. The molecule has 1 heterocycles. The fraction of sp³-hybridized carbons (Fsp3) is 0.259. The monoisotopic (exact) mass is 456 g/mol. The van der Waals surface area contributed by atoms with Gasteiger partial charge in [0.2, 0.25) is 5.91 Å². The Morgan fingerprint density at radius 3 is 2.56 bits per heavy atom.